The van der Waals surface area contributed by atoms with Crippen LogP contribution in [0.15, 0.2) is 36.7 Å². The molecule has 1 aliphatic heterocycles. The molecule has 1 aromatic carbocycles. The molecule has 15 heteroatoms. The fourth-order valence-corrected chi connectivity index (χ4v) is 4.50. The molecule has 1 amide bonds. The van der Waals surface area contributed by atoms with Gasteiger partial charge in [0.1, 0.15) is 25.0 Å². The number of benzene rings is 1. The van der Waals surface area contributed by atoms with Crippen molar-refractivity contribution >= 4 is 28.9 Å². The summed E-state index contributed by atoms with van der Waals surface area (Å²) in [5.74, 6) is -1.99. The summed E-state index contributed by atoms with van der Waals surface area (Å²) in [6, 6.07) is 9.60. The number of aromatic nitrogens is 4. The van der Waals surface area contributed by atoms with E-state index in [1.165, 1.54) is 13.3 Å². The first-order valence-electron chi connectivity index (χ1n) is 13.6. The Labute approximate surface area is 239 Å². The number of carbonyl (C=O) groups excluding carboxylic acids is 2. The number of hydrogen-bond donors (Lipinski definition) is 3. The minimum atomic E-state index is -4.88. The minimum Gasteiger partial charge on any atom is -0.460 e. The topological polar surface area (TPSA) is 150 Å². The van der Waals surface area contributed by atoms with Crippen LogP contribution in [-0.2, 0) is 25.7 Å². The van der Waals surface area contributed by atoms with E-state index < -0.39 is 36.5 Å². The SMILES string of the molecule is CC(=O)OC1CC(n2cnc3c(NCCCCCCNC(=O)C(F)(F)F)nc(OCc4ccccc4)nc32)OC1CO. The number of esters is 1. The molecular formula is C27H33F3N6O6. The Morgan fingerprint density at radius 3 is 2.55 bits per heavy atom. The van der Waals surface area contributed by atoms with Crippen molar-refractivity contribution in [1.29, 1.82) is 0 Å². The third kappa shape index (κ3) is 8.28. The lowest BCUT2D eigenvalue weighted by atomic mass is 10.2. The van der Waals surface area contributed by atoms with E-state index in [0.29, 0.717) is 49.2 Å². The van der Waals surface area contributed by atoms with Crippen molar-refractivity contribution in [3.05, 3.63) is 42.2 Å². The van der Waals surface area contributed by atoms with Crippen LogP contribution in [-0.4, -0.2) is 74.6 Å². The molecule has 1 aliphatic rings. The summed E-state index contributed by atoms with van der Waals surface area (Å²) in [5, 5.41) is 14.8. The van der Waals surface area contributed by atoms with Crippen LogP contribution in [0.5, 0.6) is 6.01 Å². The molecule has 0 radical (unpaired) electrons. The Balaban J connectivity index is 1.42. The normalized spacial score (nSPS) is 18.6. The van der Waals surface area contributed by atoms with E-state index in [9.17, 15) is 27.9 Å². The van der Waals surface area contributed by atoms with Crippen LogP contribution >= 0.6 is 0 Å². The maximum absolute atomic E-state index is 12.3. The van der Waals surface area contributed by atoms with Crippen molar-refractivity contribution in [3.63, 3.8) is 0 Å². The van der Waals surface area contributed by atoms with E-state index in [2.05, 4.69) is 20.3 Å². The number of fused-ring (bicyclic) bond motifs is 1. The van der Waals surface area contributed by atoms with Gasteiger partial charge in [0.15, 0.2) is 17.0 Å². The van der Waals surface area contributed by atoms with E-state index in [1.807, 2.05) is 35.6 Å². The van der Waals surface area contributed by atoms with Crippen molar-refractivity contribution in [1.82, 2.24) is 24.8 Å². The number of ether oxygens (including phenoxy) is 3. The second-order valence-electron chi connectivity index (χ2n) is 9.74. The summed E-state index contributed by atoms with van der Waals surface area (Å²) in [7, 11) is 0. The van der Waals surface area contributed by atoms with E-state index in [1.54, 1.807) is 4.57 Å². The van der Waals surface area contributed by atoms with Crippen LogP contribution in [0.1, 0.15) is 50.8 Å². The van der Waals surface area contributed by atoms with Crippen molar-refractivity contribution in [2.24, 2.45) is 0 Å². The molecule has 2 aromatic heterocycles. The van der Waals surface area contributed by atoms with Crippen LogP contribution in [0, 0.1) is 0 Å². The Morgan fingerprint density at radius 2 is 1.86 bits per heavy atom. The first-order valence-corrected chi connectivity index (χ1v) is 13.6. The molecule has 3 unspecified atom stereocenters. The Bertz CT molecular complexity index is 1340. The van der Waals surface area contributed by atoms with Crippen LogP contribution < -0.4 is 15.4 Å². The fourth-order valence-electron chi connectivity index (χ4n) is 4.50. The molecule has 228 valence electrons. The second-order valence-corrected chi connectivity index (χ2v) is 9.74. The number of aliphatic hydroxyl groups excluding tert-OH is 1. The Kier molecular flexibility index (Phi) is 10.5. The summed E-state index contributed by atoms with van der Waals surface area (Å²) >= 11 is 0. The maximum Gasteiger partial charge on any atom is 0.471 e. The van der Waals surface area contributed by atoms with Gasteiger partial charge in [0.05, 0.1) is 12.9 Å². The van der Waals surface area contributed by atoms with Crippen molar-refractivity contribution in [2.45, 2.75) is 70.2 Å². The highest BCUT2D eigenvalue weighted by Crippen LogP contribution is 2.34. The number of alkyl halides is 3. The van der Waals surface area contributed by atoms with Gasteiger partial charge in [0.2, 0.25) is 0 Å². The van der Waals surface area contributed by atoms with Gasteiger partial charge in [-0.2, -0.15) is 23.1 Å². The van der Waals surface area contributed by atoms with E-state index in [4.69, 9.17) is 14.2 Å². The number of imidazole rings is 1. The van der Waals surface area contributed by atoms with Crippen LogP contribution in [0.4, 0.5) is 19.0 Å². The predicted molar refractivity (Wildman–Crippen MR) is 143 cm³/mol. The lowest BCUT2D eigenvalue weighted by Gasteiger charge is -2.15. The van der Waals surface area contributed by atoms with Gasteiger partial charge in [0, 0.05) is 26.4 Å². The fraction of sp³-hybridized carbons (Fsp3) is 0.519. The zero-order chi connectivity index (χ0) is 30.1. The molecule has 0 saturated carbocycles. The average Bonchev–Trinajstić information content (AvgIpc) is 3.56. The highest BCUT2D eigenvalue weighted by molar-refractivity contribution is 5.83. The molecule has 3 N–H and O–H groups in total. The summed E-state index contributed by atoms with van der Waals surface area (Å²) < 4.78 is 55.6. The summed E-state index contributed by atoms with van der Waals surface area (Å²) in [6.45, 7) is 1.64. The molecule has 12 nitrogen and oxygen atoms in total. The van der Waals surface area contributed by atoms with Gasteiger partial charge in [-0.25, -0.2) is 4.98 Å². The van der Waals surface area contributed by atoms with Gasteiger partial charge in [-0.1, -0.05) is 43.2 Å². The maximum atomic E-state index is 12.3. The number of nitrogens with zero attached hydrogens (tertiary/aromatic N) is 4. The van der Waals surface area contributed by atoms with Gasteiger partial charge < -0.3 is 30.0 Å². The molecule has 1 fully saturated rings. The smallest absolute Gasteiger partial charge is 0.460 e. The summed E-state index contributed by atoms with van der Waals surface area (Å²) in [6.07, 6.45) is -2.55. The van der Waals surface area contributed by atoms with Crippen molar-refractivity contribution < 1.29 is 42.1 Å². The number of carbonyl (C=O) groups is 2. The average molecular weight is 595 g/mol. The molecule has 3 heterocycles. The molecular weight excluding hydrogens is 561 g/mol. The van der Waals surface area contributed by atoms with Gasteiger partial charge in [-0.15, -0.1) is 0 Å². The molecule has 42 heavy (non-hydrogen) atoms. The number of rotatable bonds is 14. The molecule has 3 aromatic rings. The number of nitrogens with one attached hydrogen (secondary N) is 2. The molecule has 3 atom stereocenters. The lowest BCUT2D eigenvalue weighted by Crippen LogP contribution is -2.37. The van der Waals surface area contributed by atoms with Crippen LogP contribution in [0.3, 0.4) is 0 Å². The number of hydrogen-bond acceptors (Lipinski definition) is 10. The second kappa shape index (κ2) is 14.3. The number of halogens is 3. The first kappa shape index (κ1) is 31.0. The van der Waals surface area contributed by atoms with Crippen molar-refractivity contribution in [3.8, 4) is 6.01 Å². The van der Waals surface area contributed by atoms with E-state index in [0.717, 1.165) is 5.56 Å². The largest absolute Gasteiger partial charge is 0.471 e. The van der Waals surface area contributed by atoms with Gasteiger partial charge in [-0.05, 0) is 18.4 Å². The van der Waals surface area contributed by atoms with Crippen molar-refractivity contribution in [2.75, 3.05) is 25.0 Å². The molecule has 0 spiro atoms. The first-order chi connectivity index (χ1) is 20.2. The molecule has 1 saturated heterocycles. The standard InChI is InChI=1S/C27H33F3N6O6/c1-17(38)41-19-13-21(42-20(19)14-37)36-16-33-22-23(31-11-7-2-3-8-12-32-25(39)27(28,29)30)34-26(35-24(22)36)40-15-18-9-5-4-6-10-18/h4-6,9-10,16,19-21,37H,2-3,7-8,11-15H2,1H3,(H,32,39)(H,31,34,35). The van der Waals surface area contributed by atoms with Gasteiger partial charge in [-0.3, -0.25) is 14.2 Å². The lowest BCUT2D eigenvalue weighted by molar-refractivity contribution is -0.173. The zero-order valence-electron chi connectivity index (χ0n) is 23.0. The summed E-state index contributed by atoms with van der Waals surface area (Å²) in [4.78, 5) is 35.9. The van der Waals surface area contributed by atoms with Gasteiger partial charge >= 0.3 is 24.1 Å². The Morgan fingerprint density at radius 1 is 1.12 bits per heavy atom. The Hall–Kier alpha value is -3.98. The molecule has 4 rings (SSSR count). The van der Waals surface area contributed by atoms with Gasteiger partial charge in [0.25, 0.3) is 0 Å². The highest BCUT2D eigenvalue weighted by atomic mass is 19.4. The number of amides is 1. The molecule has 0 bridgehead atoms. The summed E-state index contributed by atoms with van der Waals surface area (Å²) in [5.41, 5.74) is 1.79. The van der Waals surface area contributed by atoms with Crippen LogP contribution in [0.25, 0.3) is 11.2 Å². The van der Waals surface area contributed by atoms with Crippen LogP contribution in [0.2, 0.25) is 0 Å². The predicted octanol–water partition coefficient (Wildman–Crippen LogP) is 3.27. The quantitative estimate of drug-likeness (QED) is 0.188. The number of anilines is 1. The van der Waals surface area contributed by atoms with E-state index in [-0.39, 0.29) is 32.2 Å². The minimum absolute atomic E-state index is 0.0451. The zero-order valence-corrected chi connectivity index (χ0v) is 23.0. The number of unbranched alkanes of at least 4 members (excludes halogenated alkanes) is 3. The molecule has 0 aliphatic carbocycles. The highest BCUT2D eigenvalue weighted by Gasteiger charge is 2.39. The third-order valence-electron chi connectivity index (χ3n) is 6.54. The number of aliphatic hydroxyl groups is 1. The van der Waals surface area contributed by atoms with E-state index >= 15 is 0 Å². The third-order valence-corrected chi connectivity index (χ3v) is 6.54. The monoisotopic (exact) mass is 594 g/mol.